The monoisotopic (exact) mass is 249 g/mol. The molecular weight excluding hydrogens is 240 g/mol. The number of benzene rings is 1. The Morgan fingerprint density at radius 3 is 2.75 bits per heavy atom. The molecule has 3 nitrogen and oxygen atoms in total. The SMILES string of the molecule is COc1ccc(NC(=O)CCl)cc1C(F)F. The summed E-state index contributed by atoms with van der Waals surface area (Å²) in [7, 11) is 1.30. The maximum atomic E-state index is 12.6. The summed E-state index contributed by atoms with van der Waals surface area (Å²) in [6.07, 6.45) is -2.66. The standard InChI is InChI=1S/C10H10ClF2NO2/c1-16-8-3-2-6(14-9(15)5-11)4-7(8)10(12)13/h2-4,10H,5H2,1H3,(H,14,15). The highest BCUT2D eigenvalue weighted by Gasteiger charge is 2.14. The molecule has 88 valence electrons. The fourth-order valence-corrected chi connectivity index (χ4v) is 1.24. The van der Waals surface area contributed by atoms with Crippen LogP contribution in [0, 0.1) is 0 Å². The lowest BCUT2D eigenvalue weighted by molar-refractivity contribution is -0.113. The molecule has 0 saturated heterocycles. The molecule has 1 N–H and O–H groups in total. The van der Waals surface area contributed by atoms with Crippen molar-refractivity contribution in [2.75, 3.05) is 18.3 Å². The van der Waals surface area contributed by atoms with Crippen LogP contribution < -0.4 is 10.1 Å². The molecule has 1 aromatic carbocycles. The van der Waals surface area contributed by atoms with E-state index < -0.39 is 12.3 Å². The maximum absolute atomic E-state index is 12.6. The third-order valence-corrected chi connectivity index (χ3v) is 2.11. The summed E-state index contributed by atoms with van der Waals surface area (Å²) in [5.41, 5.74) is -0.00313. The molecule has 16 heavy (non-hydrogen) atoms. The van der Waals surface area contributed by atoms with E-state index in [0.717, 1.165) is 6.07 Å². The van der Waals surface area contributed by atoms with Crippen LogP contribution in [-0.2, 0) is 4.79 Å². The smallest absolute Gasteiger partial charge is 0.267 e. The first kappa shape index (κ1) is 12.7. The first-order valence-corrected chi connectivity index (χ1v) is 4.93. The molecule has 1 aromatic rings. The van der Waals surface area contributed by atoms with Gasteiger partial charge in [-0.25, -0.2) is 8.78 Å². The summed E-state index contributed by atoms with van der Waals surface area (Å²) in [5.74, 6) is -0.596. The molecule has 0 saturated carbocycles. The van der Waals surface area contributed by atoms with E-state index in [0.29, 0.717) is 0 Å². The minimum atomic E-state index is -2.66. The Morgan fingerprint density at radius 1 is 1.56 bits per heavy atom. The van der Waals surface area contributed by atoms with Crippen molar-refractivity contribution in [3.8, 4) is 5.75 Å². The van der Waals surface area contributed by atoms with Crippen LogP contribution in [0.1, 0.15) is 12.0 Å². The van der Waals surface area contributed by atoms with Gasteiger partial charge in [-0.05, 0) is 18.2 Å². The number of carbonyl (C=O) groups excluding carboxylic acids is 1. The molecule has 0 aliphatic carbocycles. The fraction of sp³-hybridized carbons (Fsp3) is 0.300. The Morgan fingerprint density at radius 2 is 2.25 bits per heavy atom. The highest BCUT2D eigenvalue weighted by Crippen LogP contribution is 2.31. The number of amides is 1. The van der Waals surface area contributed by atoms with Crippen molar-refractivity contribution in [3.05, 3.63) is 23.8 Å². The summed E-state index contributed by atoms with van der Waals surface area (Å²) in [5, 5.41) is 2.38. The Balaban J connectivity index is 2.97. The van der Waals surface area contributed by atoms with Crippen LogP contribution in [0.2, 0.25) is 0 Å². The number of hydrogen-bond acceptors (Lipinski definition) is 2. The first-order valence-electron chi connectivity index (χ1n) is 4.40. The molecule has 0 heterocycles. The highest BCUT2D eigenvalue weighted by atomic mass is 35.5. The predicted octanol–water partition coefficient (Wildman–Crippen LogP) is 2.81. The molecule has 0 aliphatic rings. The zero-order valence-corrected chi connectivity index (χ0v) is 9.22. The number of methoxy groups -OCH3 is 1. The number of halogens is 3. The number of nitrogens with one attached hydrogen (secondary N) is 1. The second kappa shape index (κ2) is 5.65. The van der Waals surface area contributed by atoms with E-state index >= 15 is 0 Å². The van der Waals surface area contributed by atoms with Gasteiger partial charge in [-0.1, -0.05) is 0 Å². The van der Waals surface area contributed by atoms with Gasteiger partial charge >= 0.3 is 0 Å². The average molecular weight is 250 g/mol. The number of hydrogen-bond donors (Lipinski definition) is 1. The molecule has 0 aromatic heterocycles. The largest absolute Gasteiger partial charge is 0.496 e. The first-order chi connectivity index (χ1) is 7.58. The van der Waals surface area contributed by atoms with E-state index in [1.165, 1.54) is 19.2 Å². The Hall–Kier alpha value is -1.36. The van der Waals surface area contributed by atoms with Gasteiger partial charge in [0.25, 0.3) is 6.43 Å². The number of rotatable bonds is 4. The molecule has 0 spiro atoms. The quantitative estimate of drug-likeness (QED) is 0.834. The second-order valence-electron chi connectivity index (χ2n) is 2.94. The number of carbonyl (C=O) groups is 1. The van der Waals surface area contributed by atoms with E-state index in [-0.39, 0.29) is 22.9 Å². The van der Waals surface area contributed by atoms with Crippen LogP contribution in [0.3, 0.4) is 0 Å². The zero-order valence-electron chi connectivity index (χ0n) is 8.47. The summed E-state index contributed by atoms with van der Waals surface area (Å²) in [4.78, 5) is 11.0. The Labute approximate surface area is 96.4 Å². The molecule has 0 radical (unpaired) electrons. The molecule has 0 aliphatic heterocycles. The lowest BCUT2D eigenvalue weighted by atomic mass is 10.2. The number of anilines is 1. The summed E-state index contributed by atoms with van der Waals surface area (Å²) in [6.45, 7) is 0. The van der Waals surface area contributed by atoms with Crippen LogP contribution in [0.5, 0.6) is 5.75 Å². The van der Waals surface area contributed by atoms with Crippen LogP contribution >= 0.6 is 11.6 Å². The van der Waals surface area contributed by atoms with Crippen LogP contribution in [0.15, 0.2) is 18.2 Å². The van der Waals surface area contributed by atoms with Gasteiger partial charge in [0.2, 0.25) is 5.91 Å². The third kappa shape index (κ3) is 3.06. The molecule has 0 fully saturated rings. The van der Waals surface area contributed by atoms with E-state index in [2.05, 4.69) is 5.32 Å². The van der Waals surface area contributed by atoms with Crippen molar-refractivity contribution >= 4 is 23.2 Å². The highest BCUT2D eigenvalue weighted by molar-refractivity contribution is 6.29. The van der Waals surface area contributed by atoms with Crippen LogP contribution in [0.4, 0.5) is 14.5 Å². The maximum Gasteiger partial charge on any atom is 0.267 e. The molecular formula is C10H10ClF2NO2. The zero-order chi connectivity index (χ0) is 12.1. The van der Waals surface area contributed by atoms with Gasteiger partial charge in [0.1, 0.15) is 11.6 Å². The lowest BCUT2D eigenvalue weighted by Gasteiger charge is -2.10. The van der Waals surface area contributed by atoms with Gasteiger partial charge in [-0.2, -0.15) is 0 Å². The van der Waals surface area contributed by atoms with E-state index in [1.54, 1.807) is 0 Å². The fourth-order valence-electron chi connectivity index (χ4n) is 1.18. The predicted molar refractivity (Wildman–Crippen MR) is 57.3 cm³/mol. The second-order valence-corrected chi connectivity index (χ2v) is 3.21. The topological polar surface area (TPSA) is 38.3 Å². The minimum Gasteiger partial charge on any atom is -0.496 e. The summed E-state index contributed by atoms with van der Waals surface area (Å²) >= 11 is 5.28. The van der Waals surface area contributed by atoms with Gasteiger partial charge < -0.3 is 10.1 Å². The number of alkyl halides is 3. The van der Waals surface area contributed by atoms with Crippen molar-refractivity contribution < 1.29 is 18.3 Å². The molecule has 6 heteroatoms. The van der Waals surface area contributed by atoms with Crippen molar-refractivity contribution in [2.45, 2.75) is 6.43 Å². The van der Waals surface area contributed by atoms with E-state index in [1.807, 2.05) is 0 Å². The lowest BCUT2D eigenvalue weighted by Crippen LogP contribution is -2.12. The minimum absolute atomic E-state index is 0.0823. The molecule has 1 rings (SSSR count). The van der Waals surface area contributed by atoms with Crippen LogP contribution in [-0.4, -0.2) is 18.9 Å². The van der Waals surface area contributed by atoms with Gasteiger partial charge in [0.15, 0.2) is 0 Å². The molecule has 0 bridgehead atoms. The van der Waals surface area contributed by atoms with Crippen molar-refractivity contribution in [2.24, 2.45) is 0 Å². The molecule has 0 unspecified atom stereocenters. The van der Waals surface area contributed by atoms with Crippen molar-refractivity contribution in [1.29, 1.82) is 0 Å². The van der Waals surface area contributed by atoms with Gasteiger partial charge in [0, 0.05) is 5.69 Å². The van der Waals surface area contributed by atoms with Crippen molar-refractivity contribution in [3.63, 3.8) is 0 Å². The number of ether oxygens (including phenoxy) is 1. The Bertz CT molecular complexity index is 385. The van der Waals surface area contributed by atoms with Crippen molar-refractivity contribution in [1.82, 2.24) is 0 Å². The Kier molecular flexibility index (Phi) is 4.49. The van der Waals surface area contributed by atoms with Gasteiger partial charge in [0.05, 0.1) is 12.7 Å². The molecule has 0 atom stereocenters. The van der Waals surface area contributed by atoms with Crippen LogP contribution in [0.25, 0.3) is 0 Å². The van der Waals surface area contributed by atoms with Gasteiger partial charge in [-0.3, -0.25) is 4.79 Å². The third-order valence-electron chi connectivity index (χ3n) is 1.87. The van der Waals surface area contributed by atoms with Gasteiger partial charge in [-0.15, -0.1) is 11.6 Å². The molecule has 1 amide bonds. The average Bonchev–Trinajstić information content (AvgIpc) is 2.28. The van der Waals surface area contributed by atoms with E-state index in [9.17, 15) is 13.6 Å². The summed E-state index contributed by atoms with van der Waals surface area (Å²) in [6, 6.07) is 3.99. The summed E-state index contributed by atoms with van der Waals surface area (Å²) < 4.78 is 30.0. The normalized spacial score (nSPS) is 10.3. The van der Waals surface area contributed by atoms with E-state index in [4.69, 9.17) is 16.3 Å².